The van der Waals surface area contributed by atoms with Crippen molar-refractivity contribution in [1.29, 1.82) is 0 Å². The Morgan fingerprint density at radius 2 is 1.82 bits per heavy atom. The molecule has 190 valence electrons. The lowest BCUT2D eigenvalue weighted by Gasteiger charge is -2.38. The van der Waals surface area contributed by atoms with Crippen molar-refractivity contribution in [2.75, 3.05) is 32.1 Å². The third kappa shape index (κ3) is 7.24. The first-order valence-corrected chi connectivity index (χ1v) is 11.7. The van der Waals surface area contributed by atoms with Crippen LogP contribution in [0.4, 0.5) is 15.3 Å². The van der Waals surface area contributed by atoms with Crippen LogP contribution in [-0.2, 0) is 0 Å². The van der Waals surface area contributed by atoms with E-state index in [2.05, 4.69) is 16.0 Å². The van der Waals surface area contributed by atoms with Gasteiger partial charge in [0.05, 0.1) is 24.8 Å². The summed E-state index contributed by atoms with van der Waals surface area (Å²) in [4.78, 5) is 41.2. The Kier molecular flexibility index (Phi) is 9.55. The highest BCUT2D eigenvalue weighted by molar-refractivity contribution is 5.99. The molecule has 1 aromatic carbocycles. The van der Waals surface area contributed by atoms with Gasteiger partial charge in [0.15, 0.2) is 0 Å². The average Bonchev–Trinajstić information content (AvgIpc) is 2.74. The molecule has 4 N–H and O–H groups in total. The molecular weight excluding hydrogens is 438 g/mol. The fraction of sp³-hybridized carbons (Fsp3) is 0.625. The fourth-order valence-corrected chi connectivity index (χ4v) is 3.66. The van der Waals surface area contributed by atoms with Gasteiger partial charge in [-0.15, -0.1) is 0 Å². The van der Waals surface area contributed by atoms with Gasteiger partial charge in [-0.25, -0.2) is 9.59 Å². The lowest BCUT2D eigenvalue weighted by molar-refractivity contribution is 0.0366. The monoisotopic (exact) mass is 477 g/mol. The summed E-state index contributed by atoms with van der Waals surface area (Å²) < 4.78 is 6.27. The Morgan fingerprint density at radius 3 is 2.41 bits per heavy atom. The molecule has 10 nitrogen and oxygen atoms in total. The van der Waals surface area contributed by atoms with Crippen LogP contribution in [0.1, 0.15) is 51.9 Å². The van der Waals surface area contributed by atoms with E-state index in [1.54, 1.807) is 42.0 Å². The summed E-state index contributed by atoms with van der Waals surface area (Å²) >= 11 is 0. The Balaban J connectivity index is 2.38. The zero-order chi connectivity index (χ0) is 25.6. The summed E-state index contributed by atoms with van der Waals surface area (Å²) in [5.41, 5.74) is 0.734. The van der Waals surface area contributed by atoms with Crippen LogP contribution in [0.5, 0.6) is 5.75 Å². The molecule has 0 saturated carbocycles. The third-order valence-corrected chi connectivity index (χ3v) is 5.56. The summed E-state index contributed by atoms with van der Waals surface area (Å²) in [5.74, 6) is -0.0418. The van der Waals surface area contributed by atoms with Gasteiger partial charge in [-0.3, -0.25) is 4.79 Å². The molecule has 1 aliphatic heterocycles. The van der Waals surface area contributed by atoms with Gasteiger partial charge in [-0.1, -0.05) is 6.92 Å². The molecule has 1 heterocycles. The van der Waals surface area contributed by atoms with E-state index in [-0.39, 0.29) is 48.1 Å². The predicted molar refractivity (Wildman–Crippen MR) is 131 cm³/mol. The Labute approximate surface area is 202 Å². The molecule has 5 amide bonds. The van der Waals surface area contributed by atoms with Crippen molar-refractivity contribution in [3.63, 3.8) is 0 Å². The number of aliphatic hydroxyl groups excluding tert-OH is 1. The van der Waals surface area contributed by atoms with Crippen molar-refractivity contribution in [2.24, 2.45) is 5.92 Å². The van der Waals surface area contributed by atoms with Crippen molar-refractivity contribution in [2.45, 2.75) is 65.8 Å². The quantitative estimate of drug-likeness (QED) is 0.480. The minimum Gasteiger partial charge on any atom is -0.487 e. The van der Waals surface area contributed by atoms with Crippen molar-refractivity contribution in [3.05, 3.63) is 23.8 Å². The second kappa shape index (κ2) is 11.9. The SMILES string of the molecule is CC(C)NC(=O)Nc1ccc2c(c1)C(=O)N([C@@H](C)CO)C[C@H](C)[C@@H](CN(C)C(=O)NC(C)C)O2. The van der Waals surface area contributed by atoms with E-state index in [0.717, 1.165) is 0 Å². The van der Waals surface area contributed by atoms with Gasteiger partial charge in [-0.05, 0) is 52.8 Å². The van der Waals surface area contributed by atoms with E-state index in [9.17, 15) is 19.5 Å². The van der Waals surface area contributed by atoms with Crippen LogP contribution in [0.2, 0.25) is 0 Å². The second-order valence-corrected chi connectivity index (χ2v) is 9.57. The number of benzene rings is 1. The normalized spacial score (nSPS) is 19.0. The number of amides is 5. The first-order chi connectivity index (χ1) is 15.9. The lowest BCUT2D eigenvalue weighted by atomic mass is 9.99. The molecule has 0 aliphatic carbocycles. The van der Waals surface area contributed by atoms with E-state index in [1.807, 2.05) is 34.6 Å². The smallest absolute Gasteiger partial charge is 0.319 e. The second-order valence-electron chi connectivity index (χ2n) is 9.57. The molecule has 0 bridgehead atoms. The van der Waals surface area contributed by atoms with Crippen LogP contribution in [-0.4, -0.2) is 83.8 Å². The minimum absolute atomic E-state index is 0.00341. The van der Waals surface area contributed by atoms with Crippen LogP contribution in [0, 0.1) is 5.92 Å². The molecule has 0 radical (unpaired) electrons. The number of hydrogen-bond acceptors (Lipinski definition) is 5. The molecule has 1 aromatic rings. The third-order valence-electron chi connectivity index (χ3n) is 5.56. The summed E-state index contributed by atoms with van der Waals surface area (Å²) in [6, 6.07) is 3.87. The number of urea groups is 2. The highest BCUT2D eigenvalue weighted by Gasteiger charge is 2.34. The van der Waals surface area contributed by atoms with Crippen LogP contribution < -0.4 is 20.7 Å². The van der Waals surface area contributed by atoms with Crippen molar-refractivity contribution < 1.29 is 24.2 Å². The number of nitrogens with one attached hydrogen (secondary N) is 3. The van der Waals surface area contributed by atoms with E-state index in [1.165, 1.54) is 0 Å². The topological polar surface area (TPSA) is 123 Å². The first-order valence-electron chi connectivity index (χ1n) is 11.7. The molecule has 2 rings (SSSR count). The van der Waals surface area contributed by atoms with E-state index in [0.29, 0.717) is 24.5 Å². The maximum atomic E-state index is 13.4. The number of carbonyl (C=O) groups excluding carboxylic acids is 3. The minimum atomic E-state index is -0.413. The zero-order valence-corrected chi connectivity index (χ0v) is 21.2. The average molecular weight is 478 g/mol. The van der Waals surface area contributed by atoms with Gasteiger partial charge in [0.1, 0.15) is 11.9 Å². The van der Waals surface area contributed by atoms with Crippen molar-refractivity contribution in [3.8, 4) is 5.75 Å². The molecule has 0 spiro atoms. The Morgan fingerprint density at radius 1 is 1.18 bits per heavy atom. The van der Waals surface area contributed by atoms with Gasteiger partial charge >= 0.3 is 12.1 Å². The Hall–Kier alpha value is -3.01. The van der Waals surface area contributed by atoms with Gasteiger partial charge in [-0.2, -0.15) is 0 Å². The predicted octanol–water partition coefficient (Wildman–Crippen LogP) is 2.49. The maximum absolute atomic E-state index is 13.4. The van der Waals surface area contributed by atoms with Gasteiger partial charge in [0.25, 0.3) is 5.91 Å². The van der Waals surface area contributed by atoms with E-state index >= 15 is 0 Å². The molecule has 34 heavy (non-hydrogen) atoms. The molecule has 0 aromatic heterocycles. The number of likely N-dealkylation sites (N-methyl/N-ethyl adjacent to an activating group) is 1. The first kappa shape index (κ1) is 27.2. The summed E-state index contributed by atoms with van der Waals surface area (Å²) in [5, 5.41) is 18.1. The van der Waals surface area contributed by atoms with Crippen LogP contribution in [0.15, 0.2) is 18.2 Å². The van der Waals surface area contributed by atoms with Crippen molar-refractivity contribution >= 4 is 23.7 Å². The van der Waals surface area contributed by atoms with Gasteiger partial charge in [0.2, 0.25) is 0 Å². The maximum Gasteiger partial charge on any atom is 0.319 e. The fourth-order valence-electron chi connectivity index (χ4n) is 3.66. The van der Waals surface area contributed by atoms with E-state index in [4.69, 9.17) is 4.74 Å². The van der Waals surface area contributed by atoms with Gasteiger partial charge in [0, 0.05) is 37.3 Å². The van der Waals surface area contributed by atoms with Gasteiger partial charge < -0.3 is 35.6 Å². The number of anilines is 1. The molecule has 1 aliphatic rings. The van der Waals surface area contributed by atoms with Crippen LogP contribution >= 0.6 is 0 Å². The van der Waals surface area contributed by atoms with E-state index < -0.39 is 12.1 Å². The lowest BCUT2D eigenvalue weighted by Crippen LogP contribution is -2.51. The molecule has 3 atom stereocenters. The number of hydrogen-bond donors (Lipinski definition) is 4. The molecular formula is C24H39N5O5. The number of ether oxygens (including phenoxy) is 1. The number of fused-ring (bicyclic) bond motifs is 1. The van der Waals surface area contributed by atoms with Crippen LogP contribution in [0.25, 0.3) is 0 Å². The number of nitrogens with zero attached hydrogens (tertiary/aromatic N) is 2. The largest absolute Gasteiger partial charge is 0.487 e. The number of carbonyl (C=O) groups is 3. The van der Waals surface area contributed by atoms with Crippen LogP contribution in [0.3, 0.4) is 0 Å². The Bertz CT molecular complexity index is 875. The number of aliphatic hydroxyl groups is 1. The molecule has 0 fully saturated rings. The standard InChI is InChI=1S/C24H39N5O5/c1-14(2)25-23(32)27-18-8-9-20-19(10-18)22(31)29(17(6)13-30)11-16(5)21(34-20)12-28(7)24(33)26-15(3)4/h8-10,14-17,21,30H,11-13H2,1-7H3,(H,26,33)(H2,25,27,32)/t16-,17-,21+/m0/s1. The molecule has 0 unspecified atom stereocenters. The number of rotatable bonds is 7. The summed E-state index contributed by atoms with van der Waals surface area (Å²) in [6.45, 7) is 11.7. The summed E-state index contributed by atoms with van der Waals surface area (Å²) in [6.07, 6.45) is -0.397. The highest BCUT2D eigenvalue weighted by atomic mass is 16.5. The molecule has 0 saturated heterocycles. The highest BCUT2D eigenvalue weighted by Crippen LogP contribution is 2.30. The zero-order valence-electron chi connectivity index (χ0n) is 21.2. The molecule has 10 heteroatoms. The van der Waals surface area contributed by atoms with Crippen molar-refractivity contribution in [1.82, 2.24) is 20.4 Å². The summed E-state index contributed by atoms with van der Waals surface area (Å²) in [7, 11) is 1.70.